The van der Waals surface area contributed by atoms with Gasteiger partial charge in [0.2, 0.25) is 0 Å². The summed E-state index contributed by atoms with van der Waals surface area (Å²) in [5.41, 5.74) is 0.799. The summed E-state index contributed by atoms with van der Waals surface area (Å²) in [6.45, 7) is 2.34. The first-order valence-electron chi connectivity index (χ1n) is 7.10. The number of nitrogens with one attached hydrogen (secondary N) is 2. The van der Waals surface area contributed by atoms with E-state index in [1.54, 1.807) is 12.3 Å². The smallest absolute Gasteiger partial charge is 0.315 e. The van der Waals surface area contributed by atoms with Crippen LogP contribution >= 0.6 is 0 Å². The van der Waals surface area contributed by atoms with Gasteiger partial charge in [-0.3, -0.25) is 4.40 Å². The molecule has 0 saturated carbocycles. The molecule has 2 N–H and O–H groups in total. The van der Waals surface area contributed by atoms with Crippen molar-refractivity contribution >= 4 is 11.7 Å². The molecule has 3 heterocycles. The van der Waals surface area contributed by atoms with Crippen LogP contribution in [0.25, 0.3) is 5.65 Å². The zero-order valence-corrected chi connectivity index (χ0v) is 12.2. The van der Waals surface area contributed by atoms with Crippen molar-refractivity contribution in [1.29, 1.82) is 0 Å². The van der Waals surface area contributed by atoms with E-state index in [2.05, 4.69) is 20.8 Å². The summed E-state index contributed by atoms with van der Waals surface area (Å²) in [5.74, 6) is 1.54. The number of carbonyl (C=O) groups is 1. The molecule has 0 aliphatic rings. The molecular weight excluding hydrogens is 282 g/mol. The highest BCUT2D eigenvalue weighted by atomic mass is 16.3. The van der Waals surface area contributed by atoms with Crippen molar-refractivity contribution in [2.75, 3.05) is 6.54 Å². The van der Waals surface area contributed by atoms with E-state index in [1.807, 2.05) is 41.8 Å². The van der Waals surface area contributed by atoms with E-state index in [4.69, 9.17) is 4.42 Å². The van der Waals surface area contributed by atoms with Gasteiger partial charge in [0.15, 0.2) is 5.65 Å². The topological polar surface area (TPSA) is 84.5 Å². The molecule has 0 aliphatic carbocycles. The second-order valence-electron chi connectivity index (χ2n) is 4.93. The molecule has 0 aliphatic heterocycles. The van der Waals surface area contributed by atoms with Crippen molar-refractivity contribution in [3.05, 3.63) is 54.4 Å². The van der Waals surface area contributed by atoms with Crippen molar-refractivity contribution in [2.24, 2.45) is 0 Å². The lowest BCUT2D eigenvalue weighted by Crippen LogP contribution is -2.38. The van der Waals surface area contributed by atoms with Gasteiger partial charge in [0, 0.05) is 19.2 Å². The second kappa shape index (κ2) is 6.30. The fourth-order valence-corrected chi connectivity index (χ4v) is 2.21. The zero-order valence-electron chi connectivity index (χ0n) is 12.2. The second-order valence-corrected chi connectivity index (χ2v) is 4.93. The predicted molar refractivity (Wildman–Crippen MR) is 80.3 cm³/mol. The fourth-order valence-electron chi connectivity index (χ4n) is 2.21. The van der Waals surface area contributed by atoms with Gasteiger partial charge in [-0.15, -0.1) is 10.2 Å². The van der Waals surface area contributed by atoms with Gasteiger partial charge in [-0.05, 0) is 31.2 Å². The average Bonchev–Trinajstić information content (AvgIpc) is 3.17. The Bertz CT molecular complexity index is 750. The summed E-state index contributed by atoms with van der Waals surface area (Å²) >= 11 is 0. The van der Waals surface area contributed by atoms with Crippen LogP contribution in [-0.2, 0) is 6.42 Å². The van der Waals surface area contributed by atoms with E-state index < -0.39 is 0 Å². The molecule has 2 amide bonds. The molecule has 3 aromatic rings. The molecule has 0 saturated heterocycles. The third-order valence-corrected chi connectivity index (χ3v) is 3.34. The Balaban J connectivity index is 1.49. The quantitative estimate of drug-likeness (QED) is 0.754. The highest BCUT2D eigenvalue weighted by Gasteiger charge is 2.11. The maximum absolute atomic E-state index is 11.8. The number of aromatic nitrogens is 3. The predicted octanol–water partition coefficient (Wildman–Crippen LogP) is 1.93. The number of amides is 2. The summed E-state index contributed by atoms with van der Waals surface area (Å²) in [7, 11) is 0. The summed E-state index contributed by atoms with van der Waals surface area (Å²) < 4.78 is 7.15. The average molecular weight is 299 g/mol. The minimum absolute atomic E-state index is 0.177. The van der Waals surface area contributed by atoms with Crippen LogP contribution in [0, 0.1) is 0 Å². The van der Waals surface area contributed by atoms with E-state index in [1.165, 1.54) is 0 Å². The van der Waals surface area contributed by atoms with Crippen LogP contribution < -0.4 is 10.6 Å². The third kappa shape index (κ3) is 3.08. The van der Waals surface area contributed by atoms with Crippen LogP contribution in [-0.4, -0.2) is 27.2 Å². The number of nitrogens with zero attached hydrogens (tertiary/aromatic N) is 3. The van der Waals surface area contributed by atoms with Crippen LogP contribution in [0.5, 0.6) is 0 Å². The molecule has 1 atom stereocenters. The van der Waals surface area contributed by atoms with Gasteiger partial charge in [-0.25, -0.2) is 4.79 Å². The Hall–Kier alpha value is -2.83. The molecule has 0 radical (unpaired) electrons. The Morgan fingerprint density at radius 1 is 1.32 bits per heavy atom. The molecule has 22 heavy (non-hydrogen) atoms. The van der Waals surface area contributed by atoms with Gasteiger partial charge < -0.3 is 15.1 Å². The van der Waals surface area contributed by atoms with Gasteiger partial charge in [0.25, 0.3) is 0 Å². The molecule has 0 fully saturated rings. The Kier molecular flexibility index (Phi) is 4.04. The molecule has 1 unspecified atom stereocenters. The first-order valence-corrected chi connectivity index (χ1v) is 7.10. The molecule has 0 aromatic carbocycles. The lowest BCUT2D eigenvalue weighted by atomic mass is 10.2. The van der Waals surface area contributed by atoms with Crippen LogP contribution in [0.1, 0.15) is 24.6 Å². The highest BCUT2D eigenvalue weighted by molar-refractivity contribution is 5.74. The van der Waals surface area contributed by atoms with Crippen molar-refractivity contribution in [2.45, 2.75) is 19.4 Å². The van der Waals surface area contributed by atoms with Crippen LogP contribution in [0.2, 0.25) is 0 Å². The van der Waals surface area contributed by atoms with E-state index in [-0.39, 0.29) is 12.1 Å². The third-order valence-electron chi connectivity index (χ3n) is 3.34. The molecule has 114 valence electrons. The van der Waals surface area contributed by atoms with Gasteiger partial charge in [-0.1, -0.05) is 6.07 Å². The van der Waals surface area contributed by atoms with Gasteiger partial charge >= 0.3 is 6.03 Å². The fraction of sp³-hybridized carbons (Fsp3) is 0.267. The lowest BCUT2D eigenvalue weighted by molar-refractivity contribution is 0.236. The largest absolute Gasteiger partial charge is 0.467 e. The van der Waals surface area contributed by atoms with Crippen molar-refractivity contribution in [1.82, 2.24) is 25.2 Å². The summed E-state index contributed by atoms with van der Waals surface area (Å²) in [5, 5.41) is 13.8. The highest BCUT2D eigenvalue weighted by Crippen LogP contribution is 2.11. The molecule has 3 rings (SSSR count). The van der Waals surface area contributed by atoms with Crippen molar-refractivity contribution in [3.63, 3.8) is 0 Å². The number of pyridine rings is 1. The summed E-state index contributed by atoms with van der Waals surface area (Å²) in [6.07, 6.45) is 4.10. The minimum atomic E-state index is -0.238. The molecule has 0 bridgehead atoms. The first-order chi connectivity index (χ1) is 10.7. The Labute approximate surface area is 127 Å². The summed E-state index contributed by atoms with van der Waals surface area (Å²) in [4.78, 5) is 11.8. The molecule has 7 heteroatoms. The van der Waals surface area contributed by atoms with Crippen LogP contribution in [0.15, 0.2) is 47.2 Å². The van der Waals surface area contributed by atoms with E-state index >= 15 is 0 Å². The normalized spacial score (nSPS) is 12.2. The molecule has 3 aromatic heterocycles. The standard InChI is InChI=1S/C15H17N5O2/c1-11(12-5-4-10-22-12)17-15(21)16-8-7-14-19-18-13-6-2-3-9-20(13)14/h2-6,9-11H,7-8H2,1H3,(H2,16,17,21). The SMILES string of the molecule is CC(NC(=O)NCCc1nnc2ccccn12)c1ccco1. The van der Waals surface area contributed by atoms with Crippen molar-refractivity contribution in [3.8, 4) is 0 Å². The Morgan fingerprint density at radius 2 is 2.23 bits per heavy atom. The number of carbonyl (C=O) groups excluding carboxylic acids is 1. The maximum atomic E-state index is 11.8. The van der Waals surface area contributed by atoms with Crippen LogP contribution in [0.3, 0.4) is 0 Å². The molecule has 0 spiro atoms. The number of urea groups is 1. The van der Waals surface area contributed by atoms with Gasteiger partial charge in [0.05, 0.1) is 12.3 Å². The monoisotopic (exact) mass is 299 g/mol. The number of rotatable bonds is 5. The summed E-state index contributed by atoms with van der Waals surface area (Å²) in [6, 6.07) is 8.93. The van der Waals surface area contributed by atoms with E-state index in [0.29, 0.717) is 13.0 Å². The van der Waals surface area contributed by atoms with Crippen LogP contribution in [0.4, 0.5) is 4.79 Å². The first kappa shape index (κ1) is 14.1. The number of fused-ring (bicyclic) bond motifs is 1. The lowest BCUT2D eigenvalue weighted by Gasteiger charge is -2.12. The minimum Gasteiger partial charge on any atom is -0.467 e. The van der Waals surface area contributed by atoms with Crippen molar-refractivity contribution < 1.29 is 9.21 Å². The van der Waals surface area contributed by atoms with E-state index in [0.717, 1.165) is 17.2 Å². The number of hydrogen-bond donors (Lipinski definition) is 2. The number of hydrogen-bond acceptors (Lipinski definition) is 4. The molecule has 7 nitrogen and oxygen atoms in total. The van der Waals surface area contributed by atoms with E-state index in [9.17, 15) is 4.79 Å². The maximum Gasteiger partial charge on any atom is 0.315 e. The zero-order chi connectivity index (χ0) is 15.4. The van der Waals surface area contributed by atoms with Gasteiger partial charge in [0.1, 0.15) is 11.6 Å². The number of furan rings is 1. The van der Waals surface area contributed by atoms with Gasteiger partial charge in [-0.2, -0.15) is 0 Å². The Morgan fingerprint density at radius 3 is 3.05 bits per heavy atom. The molecular formula is C15H17N5O2.